The van der Waals surface area contributed by atoms with Gasteiger partial charge in [-0.3, -0.25) is 9.36 Å². The summed E-state index contributed by atoms with van der Waals surface area (Å²) in [5.74, 6) is 0.819. The summed E-state index contributed by atoms with van der Waals surface area (Å²) in [5.41, 5.74) is 5.92. The van der Waals surface area contributed by atoms with E-state index < -0.39 is 8.07 Å². The lowest BCUT2D eigenvalue weighted by atomic mass is 10.1. The number of nitriles is 1. The maximum Gasteiger partial charge on any atom is 0.290 e. The lowest BCUT2D eigenvalue weighted by Crippen LogP contribution is -2.28. The molecule has 1 aliphatic rings. The van der Waals surface area contributed by atoms with Gasteiger partial charge < -0.3 is 19.3 Å². The van der Waals surface area contributed by atoms with Crippen molar-refractivity contribution in [2.45, 2.75) is 59.5 Å². The minimum atomic E-state index is -1.20. The van der Waals surface area contributed by atoms with Crippen LogP contribution in [0.15, 0.2) is 35.3 Å². The van der Waals surface area contributed by atoms with Crippen LogP contribution in [0.4, 0.5) is 5.82 Å². The van der Waals surface area contributed by atoms with E-state index >= 15 is 0 Å². The van der Waals surface area contributed by atoms with E-state index in [1.54, 1.807) is 20.7 Å². The molecule has 216 valence electrons. The Labute approximate surface area is 244 Å². The van der Waals surface area contributed by atoms with E-state index in [-0.39, 0.29) is 24.2 Å². The van der Waals surface area contributed by atoms with Gasteiger partial charge >= 0.3 is 0 Å². The van der Waals surface area contributed by atoms with E-state index in [1.807, 2.05) is 46.1 Å². The molecule has 0 saturated heterocycles. The van der Waals surface area contributed by atoms with Crippen LogP contribution >= 0.6 is 0 Å². The Hall–Kier alpha value is -3.94. The number of aryl methyl sites for hydroxylation is 2. The predicted molar refractivity (Wildman–Crippen MR) is 164 cm³/mol. The first-order valence-electron chi connectivity index (χ1n) is 13.8. The van der Waals surface area contributed by atoms with Crippen LogP contribution in [0.2, 0.25) is 25.7 Å². The number of amides is 1. The molecule has 9 nitrogen and oxygen atoms in total. The van der Waals surface area contributed by atoms with Crippen LogP contribution in [0.25, 0.3) is 5.69 Å². The second-order valence-corrected chi connectivity index (χ2v) is 17.6. The van der Waals surface area contributed by atoms with Crippen LogP contribution in [-0.4, -0.2) is 67.2 Å². The van der Waals surface area contributed by atoms with Crippen molar-refractivity contribution in [2.75, 3.05) is 27.5 Å². The molecular formula is C31H40N6O3Si. The lowest BCUT2D eigenvalue weighted by molar-refractivity contribution is 0.0216. The van der Waals surface area contributed by atoms with Crippen LogP contribution in [0.1, 0.15) is 44.1 Å². The molecule has 0 N–H and O–H groups in total. The van der Waals surface area contributed by atoms with Crippen LogP contribution in [0.3, 0.4) is 0 Å². The number of aliphatic imine (C=N–C) groups is 1. The smallest absolute Gasteiger partial charge is 0.290 e. The highest BCUT2D eigenvalue weighted by Crippen LogP contribution is 2.35. The third-order valence-corrected chi connectivity index (χ3v) is 8.87. The molecule has 1 aromatic heterocycles. The molecule has 0 aliphatic carbocycles. The first kappa shape index (κ1) is 30.0. The molecule has 0 fully saturated rings. The summed E-state index contributed by atoms with van der Waals surface area (Å²) in [6, 6.07) is 13.2. The highest BCUT2D eigenvalue weighted by Gasteiger charge is 2.32. The van der Waals surface area contributed by atoms with Crippen LogP contribution in [0.5, 0.6) is 5.75 Å². The summed E-state index contributed by atoms with van der Waals surface area (Å²) >= 11 is 0. The lowest BCUT2D eigenvalue weighted by Gasteiger charge is -2.21. The van der Waals surface area contributed by atoms with Gasteiger partial charge in [0.2, 0.25) is 5.82 Å². The third-order valence-electron chi connectivity index (χ3n) is 7.17. The van der Waals surface area contributed by atoms with E-state index in [2.05, 4.69) is 54.7 Å². The highest BCUT2D eigenvalue weighted by molar-refractivity contribution is 6.76. The largest absolute Gasteiger partial charge is 0.467 e. The summed E-state index contributed by atoms with van der Waals surface area (Å²) < 4.78 is 13.5. The molecule has 2 aromatic carbocycles. The van der Waals surface area contributed by atoms with Crippen LogP contribution in [-0.2, 0) is 17.8 Å². The summed E-state index contributed by atoms with van der Waals surface area (Å²) in [6.45, 7) is 14.6. The Morgan fingerprint density at radius 3 is 2.56 bits per heavy atom. The number of carbonyl (C=O) groups excluding carboxylic acids is 1. The first-order valence-corrected chi connectivity index (χ1v) is 17.5. The van der Waals surface area contributed by atoms with Gasteiger partial charge in [0.15, 0.2) is 18.3 Å². The number of nitrogens with zero attached hydrogens (tertiary/aromatic N) is 6. The van der Waals surface area contributed by atoms with E-state index in [4.69, 9.17) is 9.47 Å². The number of imidazole rings is 1. The van der Waals surface area contributed by atoms with Gasteiger partial charge in [-0.1, -0.05) is 43.9 Å². The molecule has 0 saturated carbocycles. The van der Waals surface area contributed by atoms with Gasteiger partial charge in [-0.2, -0.15) is 5.26 Å². The standard InChI is InChI=1S/C31H40N6O3Si/c1-21-10-9-11-24-17-36(18-25(21)24)31(38)30-34-26(16-32)29(33-19-35(4)5)37(30)28-22(2)12-13-27(23(28)3)40-20-39-14-15-41(6,7)8/h9-13,19H,14-15,17-18,20H2,1-8H3/b33-19+. The van der Waals surface area contributed by atoms with Gasteiger partial charge in [-0.25, -0.2) is 9.98 Å². The van der Waals surface area contributed by atoms with Gasteiger partial charge in [-0.05, 0) is 55.1 Å². The molecule has 1 aliphatic heterocycles. The molecule has 0 unspecified atom stereocenters. The van der Waals surface area contributed by atoms with Crippen molar-refractivity contribution in [3.8, 4) is 17.5 Å². The average Bonchev–Trinajstić information content (AvgIpc) is 3.50. The second kappa shape index (κ2) is 12.3. The average molecular weight is 573 g/mol. The fraction of sp³-hybridized carbons (Fsp3) is 0.419. The molecule has 0 spiro atoms. The second-order valence-electron chi connectivity index (χ2n) is 12.0. The maximum atomic E-state index is 14.1. The molecule has 3 aromatic rings. The number of rotatable bonds is 10. The number of hydrogen-bond acceptors (Lipinski definition) is 6. The number of carbonyl (C=O) groups is 1. The van der Waals surface area contributed by atoms with Crippen molar-refractivity contribution in [1.82, 2.24) is 19.4 Å². The molecule has 2 heterocycles. The predicted octanol–water partition coefficient (Wildman–Crippen LogP) is 5.74. The van der Waals surface area contributed by atoms with Crippen LogP contribution < -0.4 is 4.74 Å². The Balaban J connectivity index is 1.76. The number of ether oxygens (including phenoxy) is 2. The van der Waals surface area contributed by atoms with Gasteiger partial charge in [0.1, 0.15) is 11.8 Å². The van der Waals surface area contributed by atoms with Gasteiger partial charge in [-0.15, -0.1) is 0 Å². The molecule has 0 bridgehead atoms. The van der Waals surface area contributed by atoms with Crippen molar-refractivity contribution in [3.05, 3.63) is 69.7 Å². The van der Waals surface area contributed by atoms with Crippen molar-refractivity contribution in [1.29, 1.82) is 5.26 Å². The quantitative estimate of drug-likeness (QED) is 0.101. The molecule has 4 rings (SSSR count). The zero-order valence-corrected chi connectivity index (χ0v) is 26.4. The van der Waals surface area contributed by atoms with Crippen molar-refractivity contribution in [2.24, 2.45) is 4.99 Å². The Morgan fingerprint density at radius 2 is 1.90 bits per heavy atom. The topological polar surface area (TPSA) is 96.0 Å². The Morgan fingerprint density at radius 1 is 1.15 bits per heavy atom. The minimum Gasteiger partial charge on any atom is -0.467 e. The van der Waals surface area contributed by atoms with Gasteiger partial charge in [0, 0.05) is 47.4 Å². The Bertz CT molecular complexity index is 1510. The first-order chi connectivity index (χ1) is 19.4. The summed E-state index contributed by atoms with van der Waals surface area (Å²) in [4.78, 5) is 26.8. The van der Waals surface area contributed by atoms with Crippen LogP contribution in [0, 0.1) is 32.1 Å². The van der Waals surface area contributed by atoms with E-state index in [0.29, 0.717) is 37.0 Å². The molecule has 0 atom stereocenters. The maximum absolute atomic E-state index is 14.1. The number of hydrogen-bond donors (Lipinski definition) is 0. The SMILES string of the molecule is Cc1cccc2c1CN(C(=O)c1nc(C#N)c(/N=C/N(C)C)n1-c1c(C)ccc(OCOCC[Si](C)(C)C)c1C)C2. The number of aromatic nitrogens is 2. The Kier molecular flexibility index (Phi) is 9.00. The molecule has 1 amide bonds. The summed E-state index contributed by atoms with van der Waals surface area (Å²) in [6.07, 6.45) is 1.61. The monoisotopic (exact) mass is 572 g/mol. The van der Waals surface area contributed by atoms with Crippen molar-refractivity contribution >= 4 is 26.1 Å². The number of fused-ring (bicyclic) bond motifs is 1. The molecule has 10 heteroatoms. The molecule has 0 radical (unpaired) electrons. The van der Waals surface area contributed by atoms with Crippen molar-refractivity contribution < 1.29 is 14.3 Å². The highest BCUT2D eigenvalue weighted by atomic mass is 28.3. The number of benzene rings is 2. The molecule has 41 heavy (non-hydrogen) atoms. The summed E-state index contributed by atoms with van der Waals surface area (Å²) in [5, 5.41) is 10.0. The van der Waals surface area contributed by atoms with Gasteiger partial charge in [0.05, 0.1) is 12.0 Å². The summed E-state index contributed by atoms with van der Waals surface area (Å²) in [7, 11) is 2.49. The van der Waals surface area contributed by atoms with E-state index in [0.717, 1.165) is 33.9 Å². The zero-order valence-electron chi connectivity index (χ0n) is 25.4. The normalized spacial score (nSPS) is 13.0. The minimum absolute atomic E-state index is 0.0825. The third kappa shape index (κ3) is 6.69. The van der Waals surface area contributed by atoms with Crippen molar-refractivity contribution in [3.63, 3.8) is 0 Å². The fourth-order valence-corrected chi connectivity index (χ4v) is 5.62. The fourth-order valence-electron chi connectivity index (χ4n) is 4.87. The van der Waals surface area contributed by atoms with E-state index in [9.17, 15) is 10.1 Å². The van der Waals surface area contributed by atoms with E-state index in [1.165, 1.54) is 0 Å². The molecular weight excluding hydrogens is 532 g/mol. The zero-order chi connectivity index (χ0) is 29.9. The van der Waals surface area contributed by atoms with Gasteiger partial charge in [0.25, 0.3) is 5.91 Å².